The number of hydrogen-bond donors (Lipinski definition) is 2. The van der Waals surface area contributed by atoms with E-state index in [1.54, 1.807) is 4.57 Å². The fourth-order valence-corrected chi connectivity index (χ4v) is 3.08. The number of carbonyl (C=O) groups is 1. The summed E-state index contributed by atoms with van der Waals surface area (Å²) < 4.78 is 1.78. The maximum absolute atomic E-state index is 11.3. The fraction of sp³-hybridized carbons (Fsp3) is 0.211. The Balaban J connectivity index is 1.75. The van der Waals surface area contributed by atoms with Crippen LogP contribution >= 0.6 is 11.6 Å². The van der Waals surface area contributed by atoms with Crippen molar-refractivity contribution in [1.29, 1.82) is 0 Å². The van der Waals surface area contributed by atoms with Crippen molar-refractivity contribution in [1.82, 2.24) is 4.57 Å². The minimum atomic E-state index is -0.640. The molecule has 1 heterocycles. The summed E-state index contributed by atoms with van der Waals surface area (Å²) in [5.41, 5.74) is 3.45. The summed E-state index contributed by atoms with van der Waals surface area (Å²) in [6.07, 6.45) is 0.122. The zero-order valence-electron chi connectivity index (χ0n) is 13.4. The van der Waals surface area contributed by atoms with Gasteiger partial charge in [0, 0.05) is 17.6 Å². The van der Waals surface area contributed by atoms with Crippen molar-refractivity contribution in [3.05, 3.63) is 64.8 Å². The second-order valence-corrected chi connectivity index (χ2v) is 6.21. The van der Waals surface area contributed by atoms with Gasteiger partial charge in [0.05, 0.1) is 23.7 Å². The Kier molecular flexibility index (Phi) is 4.88. The molecule has 24 heavy (non-hydrogen) atoms. The number of anilines is 1. The number of aliphatic hydroxyl groups is 1. The van der Waals surface area contributed by atoms with Crippen molar-refractivity contribution in [2.75, 3.05) is 11.9 Å². The first-order valence-electron chi connectivity index (χ1n) is 7.80. The number of hydrogen-bond acceptors (Lipinski definition) is 3. The normalized spacial score (nSPS) is 12.3. The van der Waals surface area contributed by atoms with Gasteiger partial charge < -0.3 is 15.0 Å². The number of nitrogens with one attached hydrogen (secondary N) is 1. The molecule has 0 amide bonds. The largest absolute Gasteiger partial charge is 0.389 e. The minimum Gasteiger partial charge on any atom is -0.389 e. The number of nitrogens with zero attached hydrogens (tertiary/aromatic N) is 1. The number of rotatable bonds is 6. The molecule has 3 rings (SSSR count). The van der Waals surface area contributed by atoms with Crippen LogP contribution in [-0.2, 0) is 6.54 Å². The van der Waals surface area contributed by atoms with Crippen LogP contribution in [0.25, 0.3) is 10.9 Å². The Morgan fingerprint density at radius 1 is 1.21 bits per heavy atom. The van der Waals surface area contributed by atoms with Crippen molar-refractivity contribution >= 4 is 34.5 Å². The van der Waals surface area contributed by atoms with Gasteiger partial charge in [-0.3, -0.25) is 4.79 Å². The minimum absolute atomic E-state index is 0.312. The van der Waals surface area contributed by atoms with Gasteiger partial charge in [-0.2, -0.15) is 0 Å². The molecule has 3 aromatic rings. The zero-order valence-corrected chi connectivity index (χ0v) is 14.1. The van der Waals surface area contributed by atoms with E-state index in [-0.39, 0.29) is 0 Å². The van der Waals surface area contributed by atoms with Crippen molar-refractivity contribution in [3.8, 4) is 0 Å². The Labute approximate surface area is 145 Å². The number of benzene rings is 2. The molecule has 4 nitrogen and oxygen atoms in total. The first-order valence-corrected chi connectivity index (χ1v) is 8.18. The lowest BCUT2D eigenvalue weighted by Crippen LogP contribution is -2.25. The zero-order chi connectivity index (χ0) is 17.1. The average Bonchev–Trinajstić information content (AvgIpc) is 2.86. The van der Waals surface area contributed by atoms with Crippen molar-refractivity contribution in [2.24, 2.45) is 0 Å². The van der Waals surface area contributed by atoms with Gasteiger partial charge in [0.15, 0.2) is 6.29 Å². The molecule has 1 unspecified atom stereocenters. The van der Waals surface area contributed by atoms with E-state index in [1.165, 1.54) is 5.56 Å². The first kappa shape index (κ1) is 16.6. The summed E-state index contributed by atoms with van der Waals surface area (Å²) in [6, 6.07) is 15.5. The molecule has 124 valence electrons. The maximum atomic E-state index is 11.3. The molecule has 0 fully saturated rings. The van der Waals surface area contributed by atoms with E-state index in [4.69, 9.17) is 11.6 Å². The fourth-order valence-electron chi connectivity index (χ4n) is 2.77. The highest BCUT2D eigenvalue weighted by atomic mass is 35.5. The summed E-state index contributed by atoms with van der Waals surface area (Å²) in [5, 5.41) is 14.7. The molecule has 0 radical (unpaired) electrons. The van der Waals surface area contributed by atoms with Gasteiger partial charge >= 0.3 is 0 Å². The summed E-state index contributed by atoms with van der Waals surface area (Å²) in [5.74, 6) is 0. The first-order chi connectivity index (χ1) is 11.6. The van der Waals surface area contributed by atoms with Crippen LogP contribution in [0.3, 0.4) is 0 Å². The maximum Gasteiger partial charge on any atom is 0.153 e. The third-order valence-corrected chi connectivity index (χ3v) is 4.46. The number of carbonyl (C=O) groups excluding carboxylic acids is 1. The van der Waals surface area contributed by atoms with E-state index >= 15 is 0 Å². The van der Waals surface area contributed by atoms with Crippen LogP contribution < -0.4 is 5.32 Å². The van der Waals surface area contributed by atoms with Crippen molar-refractivity contribution in [3.63, 3.8) is 0 Å². The number of aryl methyl sites for hydroxylation is 1. The van der Waals surface area contributed by atoms with Crippen LogP contribution in [0, 0.1) is 6.92 Å². The molecule has 0 spiro atoms. The highest BCUT2D eigenvalue weighted by Crippen LogP contribution is 2.29. The topological polar surface area (TPSA) is 54.3 Å². The second-order valence-electron chi connectivity index (χ2n) is 5.85. The smallest absolute Gasteiger partial charge is 0.153 e. The third-order valence-electron chi connectivity index (χ3n) is 4.05. The summed E-state index contributed by atoms with van der Waals surface area (Å²) >= 11 is 6.33. The van der Waals surface area contributed by atoms with Gasteiger partial charge in [-0.1, -0.05) is 47.5 Å². The summed E-state index contributed by atoms with van der Waals surface area (Å²) in [7, 11) is 0. The lowest BCUT2D eigenvalue weighted by molar-refractivity contribution is 0.112. The van der Waals surface area contributed by atoms with E-state index in [0.29, 0.717) is 23.8 Å². The van der Waals surface area contributed by atoms with E-state index in [2.05, 4.69) is 5.32 Å². The van der Waals surface area contributed by atoms with E-state index in [0.717, 1.165) is 22.9 Å². The van der Waals surface area contributed by atoms with Crippen molar-refractivity contribution in [2.45, 2.75) is 19.6 Å². The number of aldehydes is 1. The van der Waals surface area contributed by atoms with E-state index < -0.39 is 6.10 Å². The van der Waals surface area contributed by atoms with Crippen molar-refractivity contribution < 1.29 is 9.90 Å². The quantitative estimate of drug-likeness (QED) is 0.668. The van der Waals surface area contributed by atoms with Gasteiger partial charge in [0.2, 0.25) is 0 Å². The number of aromatic nitrogens is 1. The Morgan fingerprint density at radius 3 is 2.62 bits per heavy atom. The predicted molar refractivity (Wildman–Crippen MR) is 98.0 cm³/mol. The number of para-hydroxylation sites is 1. The molecule has 0 aliphatic rings. The molecule has 0 bridgehead atoms. The Hall–Kier alpha value is -2.30. The number of aliphatic hydroxyl groups excluding tert-OH is 1. The summed E-state index contributed by atoms with van der Waals surface area (Å²) in [4.78, 5) is 11.3. The molecule has 0 aliphatic heterocycles. The van der Waals surface area contributed by atoms with Gasteiger partial charge in [-0.15, -0.1) is 0 Å². The van der Waals surface area contributed by atoms with Gasteiger partial charge in [-0.05, 0) is 25.1 Å². The molecule has 2 aromatic carbocycles. The monoisotopic (exact) mass is 342 g/mol. The highest BCUT2D eigenvalue weighted by molar-refractivity contribution is 6.34. The average molecular weight is 343 g/mol. The molecule has 0 saturated heterocycles. The standard InChI is InChI=1S/C19H19ClN2O2/c1-13-6-8-14(9-7-13)21-10-15(24)11-22-18-5-3-2-4-16(18)17(12-23)19(22)20/h2-9,12,15,21,24H,10-11H2,1H3. The van der Waals surface area contributed by atoms with Crippen LogP contribution in [0.1, 0.15) is 15.9 Å². The van der Waals surface area contributed by atoms with Crippen LogP contribution in [0.15, 0.2) is 48.5 Å². The highest BCUT2D eigenvalue weighted by Gasteiger charge is 2.17. The third kappa shape index (κ3) is 3.30. The van der Waals surface area contributed by atoms with Crippen LogP contribution in [0.4, 0.5) is 5.69 Å². The lowest BCUT2D eigenvalue weighted by Gasteiger charge is -2.15. The van der Waals surface area contributed by atoms with Gasteiger partial charge in [-0.25, -0.2) is 0 Å². The number of halogens is 1. The number of fused-ring (bicyclic) bond motifs is 1. The molecule has 5 heteroatoms. The Morgan fingerprint density at radius 2 is 1.92 bits per heavy atom. The molecular formula is C19H19ClN2O2. The Bertz CT molecular complexity index is 856. The molecule has 1 aromatic heterocycles. The molecule has 1 atom stereocenters. The summed E-state index contributed by atoms with van der Waals surface area (Å²) in [6.45, 7) is 2.73. The van der Waals surface area contributed by atoms with E-state index in [1.807, 2.05) is 55.5 Å². The van der Waals surface area contributed by atoms with Crippen LogP contribution in [-0.4, -0.2) is 28.6 Å². The van der Waals surface area contributed by atoms with E-state index in [9.17, 15) is 9.90 Å². The lowest BCUT2D eigenvalue weighted by atomic mass is 10.2. The van der Waals surface area contributed by atoms with Gasteiger partial charge in [0.25, 0.3) is 0 Å². The predicted octanol–water partition coefficient (Wildman–Crippen LogP) is 3.89. The molecule has 0 aliphatic carbocycles. The molecular weight excluding hydrogens is 324 g/mol. The molecule has 0 saturated carbocycles. The van der Waals surface area contributed by atoms with Crippen LogP contribution in [0.2, 0.25) is 5.15 Å². The van der Waals surface area contributed by atoms with Gasteiger partial charge in [0.1, 0.15) is 5.15 Å². The van der Waals surface area contributed by atoms with Crippen LogP contribution in [0.5, 0.6) is 0 Å². The molecule has 2 N–H and O–H groups in total. The SMILES string of the molecule is Cc1ccc(NCC(O)Cn2c(Cl)c(C=O)c3ccccc32)cc1. The second kappa shape index (κ2) is 7.07.